The average Bonchev–Trinajstić information content (AvgIpc) is 2.70. The highest BCUT2D eigenvalue weighted by atomic mass is 16.5. The third kappa shape index (κ3) is 5.52. The van der Waals surface area contributed by atoms with E-state index in [-0.39, 0.29) is 12.5 Å². The SMILES string of the molecule is COc1ccccc1Oc1ccc(NC(=O)CN(C)Cc2ccncc2)cn1. The lowest BCUT2D eigenvalue weighted by Gasteiger charge is -2.16. The average molecular weight is 378 g/mol. The van der Waals surface area contributed by atoms with E-state index >= 15 is 0 Å². The van der Waals surface area contributed by atoms with Crippen LogP contribution in [0.4, 0.5) is 5.69 Å². The number of anilines is 1. The summed E-state index contributed by atoms with van der Waals surface area (Å²) in [6.45, 7) is 0.932. The van der Waals surface area contributed by atoms with E-state index in [1.165, 1.54) is 0 Å². The smallest absolute Gasteiger partial charge is 0.238 e. The van der Waals surface area contributed by atoms with Crippen LogP contribution in [-0.2, 0) is 11.3 Å². The zero-order valence-corrected chi connectivity index (χ0v) is 15.8. The van der Waals surface area contributed by atoms with Crippen LogP contribution in [0.1, 0.15) is 5.56 Å². The minimum Gasteiger partial charge on any atom is -0.493 e. The second-order valence-electron chi connectivity index (χ2n) is 6.21. The van der Waals surface area contributed by atoms with Gasteiger partial charge in [-0.3, -0.25) is 14.7 Å². The van der Waals surface area contributed by atoms with Crippen molar-refractivity contribution in [3.63, 3.8) is 0 Å². The normalized spacial score (nSPS) is 10.5. The number of hydrogen-bond donors (Lipinski definition) is 1. The number of rotatable bonds is 8. The van der Waals surface area contributed by atoms with Crippen LogP contribution in [0.2, 0.25) is 0 Å². The Hall–Kier alpha value is -3.45. The van der Waals surface area contributed by atoms with Crippen molar-refractivity contribution in [2.24, 2.45) is 0 Å². The van der Waals surface area contributed by atoms with Gasteiger partial charge in [0.25, 0.3) is 0 Å². The lowest BCUT2D eigenvalue weighted by atomic mass is 10.2. The van der Waals surface area contributed by atoms with Gasteiger partial charge in [0.1, 0.15) is 0 Å². The van der Waals surface area contributed by atoms with Crippen LogP contribution in [0.25, 0.3) is 0 Å². The van der Waals surface area contributed by atoms with Crippen LogP contribution in [0.15, 0.2) is 67.1 Å². The van der Waals surface area contributed by atoms with Crippen LogP contribution < -0.4 is 14.8 Å². The van der Waals surface area contributed by atoms with Gasteiger partial charge in [-0.2, -0.15) is 0 Å². The summed E-state index contributed by atoms with van der Waals surface area (Å²) in [6, 6.07) is 14.6. The summed E-state index contributed by atoms with van der Waals surface area (Å²) in [5, 5.41) is 2.84. The minimum atomic E-state index is -0.114. The van der Waals surface area contributed by atoms with Crippen LogP contribution in [-0.4, -0.2) is 41.5 Å². The summed E-state index contributed by atoms with van der Waals surface area (Å²) in [5.74, 6) is 1.50. The fourth-order valence-electron chi connectivity index (χ4n) is 2.63. The molecular weight excluding hydrogens is 356 g/mol. The molecule has 0 bridgehead atoms. The molecule has 7 heteroatoms. The van der Waals surface area contributed by atoms with E-state index in [9.17, 15) is 4.79 Å². The van der Waals surface area contributed by atoms with Gasteiger partial charge in [0.2, 0.25) is 11.8 Å². The maximum Gasteiger partial charge on any atom is 0.238 e. The monoisotopic (exact) mass is 378 g/mol. The topological polar surface area (TPSA) is 76.6 Å². The second-order valence-corrected chi connectivity index (χ2v) is 6.21. The van der Waals surface area contributed by atoms with Crippen molar-refractivity contribution < 1.29 is 14.3 Å². The molecule has 3 aromatic rings. The van der Waals surface area contributed by atoms with Crippen molar-refractivity contribution >= 4 is 11.6 Å². The van der Waals surface area contributed by atoms with Gasteiger partial charge in [0, 0.05) is 25.0 Å². The third-order valence-corrected chi connectivity index (χ3v) is 3.92. The maximum absolute atomic E-state index is 12.2. The summed E-state index contributed by atoms with van der Waals surface area (Å²) >= 11 is 0. The number of para-hydroxylation sites is 2. The Labute approximate surface area is 164 Å². The molecule has 0 fully saturated rings. The van der Waals surface area contributed by atoms with Gasteiger partial charge in [-0.05, 0) is 42.9 Å². The van der Waals surface area contributed by atoms with E-state index in [0.29, 0.717) is 29.6 Å². The van der Waals surface area contributed by atoms with E-state index in [4.69, 9.17) is 9.47 Å². The summed E-state index contributed by atoms with van der Waals surface area (Å²) in [7, 11) is 3.47. The van der Waals surface area contributed by atoms with E-state index < -0.39 is 0 Å². The van der Waals surface area contributed by atoms with E-state index in [0.717, 1.165) is 5.56 Å². The van der Waals surface area contributed by atoms with Crippen LogP contribution in [0.5, 0.6) is 17.4 Å². The molecule has 144 valence electrons. The van der Waals surface area contributed by atoms with Gasteiger partial charge in [-0.25, -0.2) is 4.98 Å². The first-order chi connectivity index (χ1) is 13.6. The van der Waals surface area contributed by atoms with Crippen molar-refractivity contribution in [1.29, 1.82) is 0 Å². The molecule has 3 rings (SSSR count). The number of carbonyl (C=O) groups excluding carboxylic acids is 1. The molecule has 1 amide bonds. The Kier molecular flexibility index (Phi) is 6.54. The van der Waals surface area contributed by atoms with Gasteiger partial charge in [0.05, 0.1) is 25.5 Å². The zero-order valence-electron chi connectivity index (χ0n) is 15.8. The predicted molar refractivity (Wildman–Crippen MR) is 107 cm³/mol. The lowest BCUT2D eigenvalue weighted by molar-refractivity contribution is -0.117. The molecule has 2 heterocycles. The standard InChI is InChI=1S/C21H22N4O3/c1-25(14-16-9-11-22-12-10-16)15-20(26)24-17-7-8-21(23-13-17)28-19-6-4-3-5-18(19)27-2/h3-13H,14-15H2,1-2H3,(H,24,26). The van der Waals surface area contributed by atoms with Gasteiger partial charge >= 0.3 is 0 Å². The predicted octanol–water partition coefficient (Wildman–Crippen LogP) is 3.35. The van der Waals surface area contributed by atoms with Crippen molar-refractivity contribution in [3.05, 3.63) is 72.7 Å². The number of nitrogens with zero attached hydrogens (tertiary/aromatic N) is 3. The van der Waals surface area contributed by atoms with Gasteiger partial charge < -0.3 is 14.8 Å². The Balaban J connectivity index is 1.53. The van der Waals surface area contributed by atoms with Gasteiger partial charge in [-0.15, -0.1) is 0 Å². The summed E-state index contributed by atoms with van der Waals surface area (Å²) < 4.78 is 11.0. The van der Waals surface area contributed by atoms with Gasteiger partial charge in [-0.1, -0.05) is 12.1 Å². The minimum absolute atomic E-state index is 0.114. The van der Waals surface area contributed by atoms with E-state index in [1.807, 2.05) is 42.3 Å². The number of ether oxygens (including phenoxy) is 2. The number of carbonyl (C=O) groups is 1. The number of pyridine rings is 2. The first-order valence-electron chi connectivity index (χ1n) is 8.78. The highest BCUT2D eigenvalue weighted by molar-refractivity contribution is 5.92. The van der Waals surface area contributed by atoms with Crippen molar-refractivity contribution in [2.45, 2.75) is 6.54 Å². The molecule has 0 saturated heterocycles. The summed E-state index contributed by atoms with van der Waals surface area (Å²) in [5.41, 5.74) is 1.71. The molecule has 28 heavy (non-hydrogen) atoms. The molecule has 0 radical (unpaired) electrons. The van der Waals surface area contributed by atoms with Crippen LogP contribution in [0, 0.1) is 0 Å². The third-order valence-electron chi connectivity index (χ3n) is 3.92. The first kappa shape index (κ1) is 19.3. The molecule has 0 aliphatic rings. The lowest BCUT2D eigenvalue weighted by Crippen LogP contribution is -2.29. The molecular formula is C21H22N4O3. The van der Waals surface area contributed by atoms with Crippen LogP contribution >= 0.6 is 0 Å². The van der Waals surface area contributed by atoms with E-state index in [2.05, 4.69) is 15.3 Å². The Morgan fingerprint density at radius 2 is 1.82 bits per heavy atom. The molecule has 0 atom stereocenters. The molecule has 7 nitrogen and oxygen atoms in total. The van der Waals surface area contributed by atoms with Gasteiger partial charge in [0.15, 0.2) is 11.5 Å². The number of benzene rings is 1. The molecule has 1 aromatic carbocycles. The second kappa shape index (κ2) is 9.48. The zero-order chi connectivity index (χ0) is 19.8. The number of likely N-dealkylation sites (N-methyl/N-ethyl adjacent to an activating group) is 1. The number of nitrogens with one attached hydrogen (secondary N) is 1. The Morgan fingerprint density at radius 3 is 2.50 bits per heavy atom. The number of aromatic nitrogens is 2. The number of hydrogen-bond acceptors (Lipinski definition) is 6. The molecule has 0 saturated carbocycles. The highest BCUT2D eigenvalue weighted by Crippen LogP contribution is 2.30. The molecule has 0 unspecified atom stereocenters. The summed E-state index contributed by atoms with van der Waals surface area (Å²) in [4.78, 5) is 22.4. The number of amides is 1. The largest absolute Gasteiger partial charge is 0.493 e. The quantitative estimate of drug-likeness (QED) is 0.648. The van der Waals surface area contributed by atoms with Crippen molar-refractivity contribution in [3.8, 4) is 17.4 Å². The number of methoxy groups -OCH3 is 1. The molecule has 1 N–H and O–H groups in total. The fourth-order valence-corrected chi connectivity index (χ4v) is 2.63. The Morgan fingerprint density at radius 1 is 1.07 bits per heavy atom. The van der Waals surface area contributed by atoms with Crippen molar-refractivity contribution in [2.75, 3.05) is 26.0 Å². The summed E-state index contributed by atoms with van der Waals surface area (Å²) in [6.07, 6.45) is 5.04. The van der Waals surface area contributed by atoms with Crippen LogP contribution in [0.3, 0.4) is 0 Å². The Bertz CT molecular complexity index is 901. The highest BCUT2D eigenvalue weighted by Gasteiger charge is 2.09. The fraction of sp³-hybridized carbons (Fsp3) is 0.190. The molecule has 0 spiro atoms. The van der Waals surface area contributed by atoms with E-state index in [1.54, 1.807) is 43.9 Å². The maximum atomic E-state index is 12.2. The molecule has 0 aliphatic heterocycles. The molecule has 2 aromatic heterocycles. The first-order valence-corrected chi connectivity index (χ1v) is 8.78. The van der Waals surface area contributed by atoms with Crippen molar-refractivity contribution in [1.82, 2.24) is 14.9 Å². The molecule has 0 aliphatic carbocycles.